The zero-order valence-electron chi connectivity index (χ0n) is 10.5. The van der Waals surface area contributed by atoms with Gasteiger partial charge in [0.2, 0.25) is 0 Å². The molecule has 5 heteroatoms. The van der Waals surface area contributed by atoms with Gasteiger partial charge in [0.1, 0.15) is 0 Å². The van der Waals surface area contributed by atoms with Gasteiger partial charge in [-0.2, -0.15) is 5.10 Å². The van der Waals surface area contributed by atoms with Gasteiger partial charge in [0, 0.05) is 18.0 Å². The van der Waals surface area contributed by atoms with Gasteiger partial charge in [-0.3, -0.25) is 4.98 Å². The van der Waals surface area contributed by atoms with Crippen LogP contribution in [0.25, 0.3) is 16.9 Å². The number of aromatic carboxylic acids is 1. The summed E-state index contributed by atoms with van der Waals surface area (Å²) < 4.78 is 1.61. The van der Waals surface area contributed by atoms with Crippen molar-refractivity contribution in [2.24, 2.45) is 0 Å². The van der Waals surface area contributed by atoms with Crippen LogP contribution in [0.1, 0.15) is 10.5 Å². The largest absolute Gasteiger partial charge is 0.476 e. The molecule has 20 heavy (non-hydrogen) atoms. The highest BCUT2D eigenvalue weighted by atomic mass is 16.4. The van der Waals surface area contributed by atoms with Gasteiger partial charge in [0.05, 0.1) is 11.4 Å². The average Bonchev–Trinajstić information content (AvgIpc) is 2.94. The second kappa shape index (κ2) is 4.97. The molecule has 0 saturated heterocycles. The Balaban J connectivity index is 2.20. The fourth-order valence-corrected chi connectivity index (χ4v) is 1.97. The number of para-hydroxylation sites is 1. The number of hydrogen-bond acceptors (Lipinski definition) is 3. The van der Waals surface area contributed by atoms with Crippen LogP contribution in [0.4, 0.5) is 0 Å². The van der Waals surface area contributed by atoms with Crippen molar-refractivity contribution < 1.29 is 9.90 Å². The molecule has 1 aromatic carbocycles. The molecule has 0 bridgehead atoms. The number of pyridine rings is 1. The minimum Gasteiger partial charge on any atom is -0.476 e. The van der Waals surface area contributed by atoms with Crippen LogP contribution in [0.3, 0.4) is 0 Å². The molecule has 98 valence electrons. The molecule has 0 saturated carbocycles. The second-order valence-electron chi connectivity index (χ2n) is 4.21. The van der Waals surface area contributed by atoms with E-state index in [0.717, 1.165) is 11.3 Å². The maximum absolute atomic E-state index is 11.1. The number of aromatic nitrogens is 3. The number of benzene rings is 1. The van der Waals surface area contributed by atoms with Crippen molar-refractivity contribution in [1.82, 2.24) is 14.8 Å². The summed E-state index contributed by atoms with van der Waals surface area (Å²) in [4.78, 5) is 15.2. The van der Waals surface area contributed by atoms with E-state index in [4.69, 9.17) is 5.11 Å². The molecule has 0 amide bonds. The van der Waals surface area contributed by atoms with Gasteiger partial charge >= 0.3 is 5.97 Å². The Labute approximate surface area is 115 Å². The summed E-state index contributed by atoms with van der Waals surface area (Å²) in [5.41, 5.74) is 2.32. The van der Waals surface area contributed by atoms with Crippen molar-refractivity contribution >= 4 is 5.97 Å². The van der Waals surface area contributed by atoms with Crippen LogP contribution in [0.15, 0.2) is 60.9 Å². The van der Waals surface area contributed by atoms with Crippen LogP contribution in [0, 0.1) is 0 Å². The molecule has 0 radical (unpaired) electrons. The van der Waals surface area contributed by atoms with Gasteiger partial charge in [-0.05, 0) is 30.3 Å². The van der Waals surface area contributed by atoms with E-state index >= 15 is 0 Å². The summed E-state index contributed by atoms with van der Waals surface area (Å²) in [6.45, 7) is 0. The van der Waals surface area contributed by atoms with Crippen molar-refractivity contribution in [2.45, 2.75) is 0 Å². The molecule has 1 N–H and O–H groups in total. The van der Waals surface area contributed by atoms with Crippen molar-refractivity contribution in [3.8, 4) is 16.9 Å². The molecule has 0 aliphatic rings. The first-order chi connectivity index (χ1) is 9.75. The summed E-state index contributed by atoms with van der Waals surface area (Å²) in [7, 11) is 0. The van der Waals surface area contributed by atoms with Gasteiger partial charge in [0.25, 0.3) is 0 Å². The van der Waals surface area contributed by atoms with E-state index in [2.05, 4.69) is 10.1 Å². The Morgan fingerprint density at radius 2 is 1.90 bits per heavy atom. The van der Waals surface area contributed by atoms with Crippen LogP contribution in [-0.2, 0) is 0 Å². The number of rotatable bonds is 3. The first-order valence-electron chi connectivity index (χ1n) is 6.05. The highest BCUT2D eigenvalue weighted by Crippen LogP contribution is 2.23. The first-order valence-corrected chi connectivity index (χ1v) is 6.05. The van der Waals surface area contributed by atoms with Crippen molar-refractivity contribution in [2.75, 3.05) is 0 Å². The lowest BCUT2D eigenvalue weighted by molar-refractivity contribution is 0.0690. The van der Waals surface area contributed by atoms with E-state index in [1.807, 2.05) is 36.4 Å². The molecule has 0 aliphatic heterocycles. The maximum atomic E-state index is 11.1. The topological polar surface area (TPSA) is 68.0 Å². The first kappa shape index (κ1) is 12.1. The maximum Gasteiger partial charge on any atom is 0.356 e. The summed E-state index contributed by atoms with van der Waals surface area (Å²) in [6.07, 6.45) is 3.35. The van der Waals surface area contributed by atoms with E-state index in [1.54, 1.807) is 29.2 Å². The van der Waals surface area contributed by atoms with Gasteiger partial charge < -0.3 is 5.11 Å². The lowest BCUT2D eigenvalue weighted by atomic mass is 10.2. The van der Waals surface area contributed by atoms with E-state index in [0.29, 0.717) is 5.69 Å². The Morgan fingerprint density at radius 3 is 2.55 bits per heavy atom. The Bertz CT molecular complexity index is 679. The Morgan fingerprint density at radius 1 is 1.10 bits per heavy atom. The van der Waals surface area contributed by atoms with E-state index < -0.39 is 5.97 Å². The van der Waals surface area contributed by atoms with E-state index in [9.17, 15) is 4.79 Å². The third-order valence-electron chi connectivity index (χ3n) is 2.89. The van der Waals surface area contributed by atoms with Crippen LogP contribution in [0.2, 0.25) is 0 Å². The SMILES string of the molecule is O=C(O)c1cc(-c2cccnc2)n(-c2ccccc2)n1. The number of carbonyl (C=O) groups is 1. The molecule has 0 atom stereocenters. The molecule has 2 aromatic heterocycles. The van der Waals surface area contributed by atoms with Gasteiger partial charge in [-0.15, -0.1) is 0 Å². The molecule has 5 nitrogen and oxygen atoms in total. The van der Waals surface area contributed by atoms with Crippen molar-refractivity contribution in [3.63, 3.8) is 0 Å². The lowest BCUT2D eigenvalue weighted by Crippen LogP contribution is -2.02. The van der Waals surface area contributed by atoms with Gasteiger partial charge in [-0.25, -0.2) is 9.48 Å². The molecule has 0 fully saturated rings. The molecule has 0 unspecified atom stereocenters. The van der Waals surface area contributed by atoms with Gasteiger partial charge in [-0.1, -0.05) is 18.2 Å². The van der Waals surface area contributed by atoms with Gasteiger partial charge in [0.15, 0.2) is 5.69 Å². The molecule has 3 rings (SSSR count). The van der Waals surface area contributed by atoms with Crippen LogP contribution in [0.5, 0.6) is 0 Å². The minimum atomic E-state index is -1.05. The minimum absolute atomic E-state index is 0.00714. The highest BCUT2D eigenvalue weighted by Gasteiger charge is 2.15. The summed E-state index contributed by atoms with van der Waals surface area (Å²) >= 11 is 0. The fraction of sp³-hybridized carbons (Fsp3) is 0. The Kier molecular flexibility index (Phi) is 3.01. The zero-order valence-corrected chi connectivity index (χ0v) is 10.5. The second-order valence-corrected chi connectivity index (χ2v) is 4.21. The summed E-state index contributed by atoms with van der Waals surface area (Å²) in [6, 6.07) is 14.6. The summed E-state index contributed by atoms with van der Waals surface area (Å²) in [5, 5.41) is 13.3. The fourth-order valence-electron chi connectivity index (χ4n) is 1.97. The lowest BCUT2D eigenvalue weighted by Gasteiger charge is -2.06. The van der Waals surface area contributed by atoms with Crippen molar-refractivity contribution in [1.29, 1.82) is 0 Å². The van der Waals surface area contributed by atoms with E-state index in [1.165, 1.54) is 0 Å². The smallest absolute Gasteiger partial charge is 0.356 e. The molecule has 0 spiro atoms. The monoisotopic (exact) mass is 265 g/mol. The summed E-state index contributed by atoms with van der Waals surface area (Å²) in [5.74, 6) is -1.05. The predicted molar refractivity (Wildman–Crippen MR) is 73.8 cm³/mol. The number of carboxylic acids is 1. The number of carboxylic acid groups (broad SMARTS) is 1. The molecular weight excluding hydrogens is 254 g/mol. The standard InChI is InChI=1S/C15H11N3O2/c19-15(20)13-9-14(11-5-4-8-16-10-11)18(17-13)12-6-2-1-3-7-12/h1-10H,(H,19,20). The third-order valence-corrected chi connectivity index (χ3v) is 2.89. The average molecular weight is 265 g/mol. The molecule has 2 heterocycles. The van der Waals surface area contributed by atoms with Crippen LogP contribution < -0.4 is 0 Å². The highest BCUT2D eigenvalue weighted by molar-refractivity contribution is 5.87. The predicted octanol–water partition coefficient (Wildman–Crippen LogP) is 2.63. The molecular formula is C15H11N3O2. The van der Waals surface area contributed by atoms with Crippen molar-refractivity contribution in [3.05, 3.63) is 66.6 Å². The van der Waals surface area contributed by atoms with Crippen LogP contribution >= 0.6 is 0 Å². The molecule has 0 aliphatic carbocycles. The number of hydrogen-bond donors (Lipinski definition) is 1. The quantitative estimate of drug-likeness (QED) is 0.790. The number of nitrogens with zero attached hydrogens (tertiary/aromatic N) is 3. The van der Waals surface area contributed by atoms with Crippen LogP contribution in [-0.4, -0.2) is 25.8 Å². The molecule has 3 aromatic rings. The third kappa shape index (κ3) is 2.16. The van der Waals surface area contributed by atoms with E-state index in [-0.39, 0.29) is 5.69 Å². The Hall–Kier alpha value is -2.95. The normalized spacial score (nSPS) is 10.4. The zero-order chi connectivity index (χ0) is 13.9.